The molecule has 1 aliphatic rings. The lowest BCUT2D eigenvalue weighted by atomic mass is 9.81. The van der Waals surface area contributed by atoms with Gasteiger partial charge in [0.15, 0.2) is 0 Å². The number of sulfonamides is 1. The van der Waals surface area contributed by atoms with E-state index in [1.54, 1.807) is 56.1 Å². The van der Waals surface area contributed by atoms with E-state index in [1.165, 1.54) is 4.31 Å². The number of hydrogen-bond acceptors (Lipinski definition) is 9. The van der Waals surface area contributed by atoms with E-state index in [0.717, 1.165) is 11.1 Å². The normalized spacial score (nSPS) is 17.4. The Bertz CT molecular complexity index is 1520. The van der Waals surface area contributed by atoms with Gasteiger partial charge in [-0.15, -0.1) is 5.10 Å². The van der Waals surface area contributed by atoms with Crippen LogP contribution in [0.1, 0.15) is 55.7 Å². The van der Waals surface area contributed by atoms with Gasteiger partial charge in [-0.25, -0.2) is 13.1 Å². The molecule has 0 saturated carbocycles. The summed E-state index contributed by atoms with van der Waals surface area (Å²) in [5.74, 6) is -0.685. The predicted molar refractivity (Wildman–Crippen MR) is 162 cm³/mol. The smallest absolute Gasteiger partial charge is 0.312 e. The van der Waals surface area contributed by atoms with Crippen LogP contribution in [0.15, 0.2) is 53.6 Å². The SMILES string of the molecule is CC[C@@H]1CN(Cc2cc([C@H](OCc3cn(CCOCCOC)nn3)C(C)(C)C(=O)O)ccc2C)S(=O)(=O)c2ccccc2O1. The van der Waals surface area contributed by atoms with Gasteiger partial charge >= 0.3 is 5.97 Å². The molecule has 2 atom stereocenters. The third-order valence-electron chi connectivity index (χ3n) is 7.73. The number of carboxylic acids is 1. The number of nitrogens with zero attached hydrogens (tertiary/aromatic N) is 4. The number of carboxylic acid groups (broad SMARTS) is 1. The van der Waals surface area contributed by atoms with Crippen molar-refractivity contribution in [1.82, 2.24) is 19.3 Å². The second-order valence-electron chi connectivity index (χ2n) is 11.4. The van der Waals surface area contributed by atoms with Crippen LogP contribution in [0.3, 0.4) is 0 Å². The largest absolute Gasteiger partial charge is 0.488 e. The first kappa shape index (κ1) is 33.5. The average Bonchev–Trinajstić information content (AvgIpc) is 3.41. The molecule has 4 rings (SSSR count). The van der Waals surface area contributed by atoms with Crippen LogP contribution in [0.25, 0.3) is 0 Å². The summed E-state index contributed by atoms with van der Waals surface area (Å²) in [4.78, 5) is 12.5. The maximum Gasteiger partial charge on any atom is 0.312 e. The Balaban J connectivity index is 1.57. The fourth-order valence-electron chi connectivity index (χ4n) is 4.94. The van der Waals surface area contributed by atoms with E-state index in [1.807, 2.05) is 32.0 Å². The molecule has 12 nitrogen and oxygen atoms in total. The van der Waals surface area contributed by atoms with Crippen molar-refractivity contribution in [2.24, 2.45) is 5.41 Å². The summed E-state index contributed by atoms with van der Waals surface area (Å²) in [6.07, 6.45) is 1.19. The zero-order chi connectivity index (χ0) is 31.9. The van der Waals surface area contributed by atoms with Crippen molar-refractivity contribution in [3.8, 4) is 5.75 Å². The van der Waals surface area contributed by atoms with E-state index < -0.39 is 27.5 Å². The number of aryl methyl sites for hydroxylation is 1. The van der Waals surface area contributed by atoms with Crippen LogP contribution in [0.4, 0.5) is 0 Å². The molecule has 0 amide bonds. The van der Waals surface area contributed by atoms with Gasteiger partial charge in [0, 0.05) is 13.7 Å². The second-order valence-corrected chi connectivity index (χ2v) is 13.3. The number of benzene rings is 2. The zero-order valence-corrected chi connectivity index (χ0v) is 26.7. The monoisotopic (exact) mass is 630 g/mol. The molecule has 0 bridgehead atoms. The van der Waals surface area contributed by atoms with E-state index in [0.29, 0.717) is 49.8 Å². The Morgan fingerprint density at radius 2 is 1.95 bits per heavy atom. The third kappa shape index (κ3) is 7.83. The number of aliphatic carboxylic acids is 1. The maximum atomic E-state index is 13.8. The molecule has 0 saturated heterocycles. The molecule has 2 heterocycles. The summed E-state index contributed by atoms with van der Waals surface area (Å²) in [7, 11) is -2.25. The zero-order valence-electron chi connectivity index (χ0n) is 25.9. The first-order valence-corrected chi connectivity index (χ1v) is 16.1. The first-order valence-electron chi connectivity index (χ1n) is 14.6. The standard InChI is InChI=1S/C31H42N4O8S/c1-6-26-20-35(44(38,39)28-10-8-7-9-27(28)43-26)18-24-17-23(12-11-22(24)2)29(31(3,4)30(36)37)42-21-25-19-34(33-32-25)13-14-41-16-15-40-5/h7-12,17,19,26,29H,6,13-16,18,20-21H2,1-5H3,(H,36,37)/t26-,29+/m1/s1. The molecular formula is C31H42N4O8S. The fraction of sp³-hybridized carbons (Fsp3) is 0.516. The lowest BCUT2D eigenvalue weighted by Crippen LogP contribution is -2.36. The molecule has 1 aliphatic heterocycles. The van der Waals surface area contributed by atoms with E-state index in [2.05, 4.69) is 10.3 Å². The number of hydrogen-bond donors (Lipinski definition) is 1. The highest BCUT2D eigenvalue weighted by atomic mass is 32.2. The van der Waals surface area contributed by atoms with Gasteiger partial charge in [-0.2, -0.15) is 4.31 Å². The van der Waals surface area contributed by atoms with Gasteiger partial charge in [-0.05, 0) is 56.0 Å². The number of aromatic nitrogens is 3. The van der Waals surface area contributed by atoms with Crippen LogP contribution < -0.4 is 4.74 Å². The quantitative estimate of drug-likeness (QED) is 0.245. The van der Waals surface area contributed by atoms with Gasteiger partial charge in [0.2, 0.25) is 10.0 Å². The van der Waals surface area contributed by atoms with Crippen LogP contribution in [-0.4, -0.2) is 78.4 Å². The molecule has 1 aromatic heterocycles. The van der Waals surface area contributed by atoms with Gasteiger partial charge in [0.05, 0.1) is 57.2 Å². The van der Waals surface area contributed by atoms with Crippen molar-refractivity contribution in [1.29, 1.82) is 0 Å². The van der Waals surface area contributed by atoms with Crippen LogP contribution >= 0.6 is 0 Å². The number of carbonyl (C=O) groups is 1. The fourth-order valence-corrected chi connectivity index (χ4v) is 6.51. The second kappa shape index (κ2) is 14.6. The summed E-state index contributed by atoms with van der Waals surface area (Å²) < 4.78 is 53.3. The van der Waals surface area contributed by atoms with E-state index in [9.17, 15) is 18.3 Å². The minimum Gasteiger partial charge on any atom is -0.488 e. The number of methoxy groups -OCH3 is 1. The van der Waals surface area contributed by atoms with Gasteiger partial charge < -0.3 is 24.1 Å². The van der Waals surface area contributed by atoms with Gasteiger partial charge in [0.1, 0.15) is 22.4 Å². The van der Waals surface area contributed by atoms with Gasteiger partial charge in [-0.1, -0.05) is 42.5 Å². The van der Waals surface area contributed by atoms with Crippen LogP contribution in [-0.2, 0) is 48.7 Å². The lowest BCUT2D eigenvalue weighted by Gasteiger charge is -2.31. The molecule has 2 aromatic carbocycles. The Hall–Kier alpha value is -3.36. The number of para-hydroxylation sites is 1. The third-order valence-corrected chi connectivity index (χ3v) is 9.58. The van der Waals surface area contributed by atoms with Crippen LogP contribution in [0.2, 0.25) is 0 Å². The summed E-state index contributed by atoms with van der Waals surface area (Å²) in [6.45, 7) is 9.31. The minimum absolute atomic E-state index is 0.0297. The maximum absolute atomic E-state index is 13.8. The minimum atomic E-state index is -3.86. The molecule has 0 radical (unpaired) electrons. The summed E-state index contributed by atoms with van der Waals surface area (Å²) in [6, 6.07) is 12.2. The molecule has 44 heavy (non-hydrogen) atoms. The molecule has 1 N–H and O–H groups in total. The molecule has 13 heteroatoms. The topological polar surface area (TPSA) is 142 Å². The van der Waals surface area contributed by atoms with Gasteiger partial charge in [0.25, 0.3) is 0 Å². The predicted octanol–water partition coefficient (Wildman–Crippen LogP) is 3.98. The Morgan fingerprint density at radius 3 is 2.68 bits per heavy atom. The average molecular weight is 631 g/mol. The van der Waals surface area contributed by atoms with Crippen molar-refractivity contribution >= 4 is 16.0 Å². The number of ether oxygens (including phenoxy) is 4. The van der Waals surface area contributed by atoms with E-state index >= 15 is 0 Å². The Labute approximate surface area is 258 Å². The summed E-state index contributed by atoms with van der Waals surface area (Å²) >= 11 is 0. The summed E-state index contributed by atoms with van der Waals surface area (Å²) in [5.41, 5.74) is 1.47. The van der Waals surface area contributed by atoms with Crippen molar-refractivity contribution < 1.29 is 37.3 Å². The molecule has 3 aromatic rings. The number of fused-ring (bicyclic) bond motifs is 1. The van der Waals surface area contributed by atoms with Gasteiger partial charge in [-0.3, -0.25) is 4.79 Å². The Morgan fingerprint density at radius 1 is 1.18 bits per heavy atom. The molecular weight excluding hydrogens is 588 g/mol. The summed E-state index contributed by atoms with van der Waals surface area (Å²) in [5, 5.41) is 18.4. The highest BCUT2D eigenvalue weighted by molar-refractivity contribution is 7.89. The molecule has 0 unspecified atom stereocenters. The highest BCUT2D eigenvalue weighted by Gasteiger charge is 2.40. The molecule has 240 valence electrons. The first-order chi connectivity index (χ1) is 21.0. The van der Waals surface area contributed by atoms with Crippen molar-refractivity contribution in [3.63, 3.8) is 0 Å². The highest BCUT2D eigenvalue weighted by Crippen LogP contribution is 2.39. The van der Waals surface area contributed by atoms with Crippen molar-refractivity contribution in [2.45, 2.75) is 70.9 Å². The molecule has 0 spiro atoms. The van der Waals surface area contributed by atoms with Crippen molar-refractivity contribution in [2.75, 3.05) is 33.5 Å². The van der Waals surface area contributed by atoms with E-state index in [-0.39, 0.29) is 30.7 Å². The molecule has 0 fully saturated rings. The Kier molecular flexibility index (Phi) is 11.1. The van der Waals surface area contributed by atoms with Crippen LogP contribution in [0, 0.1) is 12.3 Å². The van der Waals surface area contributed by atoms with E-state index in [4.69, 9.17) is 18.9 Å². The number of rotatable bonds is 15. The van der Waals surface area contributed by atoms with Crippen LogP contribution in [0.5, 0.6) is 5.75 Å². The lowest BCUT2D eigenvalue weighted by molar-refractivity contribution is -0.158. The molecule has 0 aliphatic carbocycles. The van der Waals surface area contributed by atoms with Crippen molar-refractivity contribution in [3.05, 3.63) is 71.0 Å².